The minimum atomic E-state index is 0.115. The molecule has 3 rings (SSSR count). The zero-order valence-corrected chi connectivity index (χ0v) is 14.8. The molecule has 2 aromatic carbocycles. The van der Waals surface area contributed by atoms with Crippen molar-refractivity contribution in [3.05, 3.63) is 61.5 Å². The summed E-state index contributed by atoms with van der Waals surface area (Å²) < 4.78 is 7.66. The molecule has 1 aliphatic heterocycles. The van der Waals surface area contributed by atoms with Gasteiger partial charge in [0.2, 0.25) is 0 Å². The van der Waals surface area contributed by atoms with Gasteiger partial charge in [-0.2, -0.15) is 0 Å². The number of hydrogen-bond donors (Lipinski definition) is 0. The van der Waals surface area contributed by atoms with Crippen LogP contribution in [0.1, 0.15) is 27.0 Å². The van der Waals surface area contributed by atoms with Gasteiger partial charge in [0.25, 0.3) is 0 Å². The van der Waals surface area contributed by atoms with Crippen LogP contribution >= 0.6 is 31.9 Å². The first-order valence-corrected chi connectivity index (χ1v) is 8.37. The summed E-state index contributed by atoms with van der Waals surface area (Å²) in [6.45, 7) is 2.65. The highest BCUT2D eigenvalue weighted by Crippen LogP contribution is 2.34. The molecule has 21 heavy (non-hydrogen) atoms. The summed E-state index contributed by atoms with van der Waals surface area (Å²) in [6.07, 6.45) is 1.27. The number of Topliss-reactive ketones (excluding diaryl/α,β-unsaturated/α-hetero) is 1. The monoisotopic (exact) mass is 408 g/mol. The van der Waals surface area contributed by atoms with Gasteiger partial charge in [-0.15, -0.1) is 0 Å². The summed E-state index contributed by atoms with van der Waals surface area (Å²) in [4.78, 5) is 12.6. The van der Waals surface area contributed by atoms with Gasteiger partial charge >= 0.3 is 0 Å². The fraction of sp³-hybridized carbons (Fsp3) is 0.235. The van der Waals surface area contributed by atoms with Crippen LogP contribution in [-0.2, 0) is 12.8 Å². The van der Waals surface area contributed by atoms with E-state index in [9.17, 15) is 4.79 Å². The molecule has 1 heterocycles. The number of benzene rings is 2. The van der Waals surface area contributed by atoms with Crippen molar-refractivity contribution in [2.24, 2.45) is 0 Å². The van der Waals surface area contributed by atoms with Crippen molar-refractivity contribution < 1.29 is 9.53 Å². The second-order valence-electron chi connectivity index (χ2n) is 5.16. The van der Waals surface area contributed by atoms with E-state index in [-0.39, 0.29) is 5.78 Å². The third kappa shape index (κ3) is 2.92. The van der Waals surface area contributed by atoms with E-state index < -0.39 is 0 Å². The average molecular weight is 410 g/mol. The first-order chi connectivity index (χ1) is 10.1. The van der Waals surface area contributed by atoms with E-state index in [4.69, 9.17) is 4.74 Å². The summed E-state index contributed by atoms with van der Waals surface area (Å²) in [7, 11) is 0. The van der Waals surface area contributed by atoms with E-state index in [0.29, 0.717) is 13.0 Å². The maximum atomic E-state index is 12.6. The maximum absolute atomic E-state index is 12.6. The fourth-order valence-corrected chi connectivity index (χ4v) is 3.57. The van der Waals surface area contributed by atoms with Crippen molar-refractivity contribution in [1.82, 2.24) is 0 Å². The Bertz CT molecular complexity index is 723. The van der Waals surface area contributed by atoms with E-state index >= 15 is 0 Å². The highest BCUT2D eigenvalue weighted by Gasteiger charge is 2.20. The maximum Gasteiger partial charge on any atom is 0.167 e. The Morgan fingerprint density at radius 1 is 1.29 bits per heavy atom. The van der Waals surface area contributed by atoms with Crippen LogP contribution in [-0.4, -0.2) is 12.4 Å². The molecule has 0 saturated carbocycles. The highest BCUT2D eigenvalue weighted by molar-refractivity contribution is 9.10. The van der Waals surface area contributed by atoms with Gasteiger partial charge in [-0.1, -0.05) is 44.0 Å². The van der Waals surface area contributed by atoms with Gasteiger partial charge in [0.1, 0.15) is 5.75 Å². The Hall–Kier alpha value is -1.13. The van der Waals surface area contributed by atoms with Crippen LogP contribution in [0.25, 0.3) is 0 Å². The van der Waals surface area contributed by atoms with Crippen molar-refractivity contribution in [3.8, 4) is 5.75 Å². The standard InChI is InChI=1S/C17H14Br2O2/c1-10-14(3-2-4-15(10)19)16(20)9-12-8-13(18)7-11-5-6-21-17(11)12/h2-4,7-8H,5-6,9H2,1H3. The predicted octanol–water partition coefficient (Wildman–Crippen LogP) is 4.88. The quantitative estimate of drug-likeness (QED) is 0.675. The number of rotatable bonds is 3. The Labute approximate surface area is 140 Å². The number of carbonyl (C=O) groups excluding carboxylic acids is 1. The van der Waals surface area contributed by atoms with E-state index in [1.807, 2.05) is 31.2 Å². The van der Waals surface area contributed by atoms with Gasteiger partial charge in [-0.05, 0) is 36.2 Å². The summed E-state index contributed by atoms with van der Waals surface area (Å²) in [6, 6.07) is 9.77. The van der Waals surface area contributed by atoms with E-state index in [0.717, 1.165) is 37.8 Å². The summed E-state index contributed by atoms with van der Waals surface area (Å²) in [5.41, 5.74) is 3.88. The van der Waals surface area contributed by atoms with Crippen molar-refractivity contribution in [3.63, 3.8) is 0 Å². The Morgan fingerprint density at radius 3 is 2.90 bits per heavy atom. The molecular weight excluding hydrogens is 396 g/mol. The molecule has 0 saturated heterocycles. The molecule has 0 aliphatic carbocycles. The molecule has 2 nitrogen and oxygen atoms in total. The molecule has 0 fully saturated rings. The second-order valence-corrected chi connectivity index (χ2v) is 6.93. The number of hydrogen-bond acceptors (Lipinski definition) is 2. The van der Waals surface area contributed by atoms with Crippen LogP contribution in [0.5, 0.6) is 5.75 Å². The zero-order valence-electron chi connectivity index (χ0n) is 11.6. The van der Waals surface area contributed by atoms with Crippen LogP contribution in [0.2, 0.25) is 0 Å². The Kier molecular flexibility index (Phi) is 4.18. The van der Waals surface area contributed by atoms with E-state index in [2.05, 4.69) is 37.9 Å². The topological polar surface area (TPSA) is 26.3 Å². The molecule has 0 aromatic heterocycles. The molecule has 0 bridgehead atoms. The van der Waals surface area contributed by atoms with E-state index in [1.54, 1.807) is 0 Å². The average Bonchev–Trinajstić information content (AvgIpc) is 2.90. The molecular formula is C17H14Br2O2. The van der Waals surface area contributed by atoms with Gasteiger partial charge in [0, 0.05) is 32.9 Å². The molecule has 0 N–H and O–H groups in total. The molecule has 0 spiro atoms. The molecule has 0 radical (unpaired) electrons. The SMILES string of the molecule is Cc1c(Br)cccc1C(=O)Cc1cc(Br)cc2c1OCC2. The molecule has 0 unspecified atom stereocenters. The molecule has 108 valence electrons. The summed E-state index contributed by atoms with van der Waals surface area (Å²) in [5, 5.41) is 0. The number of halogens is 2. The van der Waals surface area contributed by atoms with Crippen LogP contribution in [0, 0.1) is 6.92 Å². The van der Waals surface area contributed by atoms with Gasteiger partial charge < -0.3 is 4.74 Å². The molecule has 1 aliphatic rings. The minimum absolute atomic E-state index is 0.115. The number of ether oxygens (including phenoxy) is 1. The smallest absolute Gasteiger partial charge is 0.167 e. The van der Waals surface area contributed by atoms with Crippen molar-refractivity contribution in [2.75, 3.05) is 6.61 Å². The molecule has 0 amide bonds. The summed E-state index contributed by atoms with van der Waals surface area (Å²) >= 11 is 6.99. The fourth-order valence-electron chi connectivity index (χ4n) is 2.66. The number of ketones is 1. The second kappa shape index (κ2) is 5.93. The van der Waals surface area contributed by atoms with Crippen molar-refractivity contribution in [2.45, 2.75) is 19.8 Å². The Balaban J connectivity index is 1.94. The lowest BCUT2D eigenvalue weighted by molar-refractivity contribution is 0.0991. The third-order valence-corrected chi connectivity index (χ3v) is 5.06. The normalized spacial score (nSPS) is 12.9. The number of carbonyl (C=O) groups is 1. The third-order valence-electron chi connectivity index (χ3n) is 3.74. The Morgan fingerprint density at radius 2 is 2.10 bits per heavy atom. The largest absolute Gasteiger partial charge is 0.493 e. The van der Waals surface area contributed by atoms with Crippen molar-refractivity contribution in [1.29, 1.82) is 0 Å². The molecule has 2 aromatic rings. The first kappa shape index (κ1) is 14.8. The van der Waals surface area contributed by atoms with Crippen LogP contribution in [0.15, 0.2) is 39.3 Å². The van der Waals surface area contributed by atoms with Crippen LogP contribution in [0.4, 0.5) is 0 Å². The van der Waals surface area contributed by atoms with Crippen molar-refractivity contribution >= 4 is 37.6 Å². The van der Waals surface area contributed by atoms with Gasteiger partial charge in [-0.25, -0.2) is 0 Å². The molecule has 0 atom stereocenters. The van der Waals surface area contributed by atoms with Crippen LogP contribution < -0.4 is 4.74 Å². The lowest BCUT2D eigenvalue weighted by Gasteiger charge is -2.10. The lowest BCUT2D eigenvalue weighted by Crippen LogP contribution is -2.07. The highest BCUT2D eigenvalue weighted by atomic mass is 79.9. The molecule has 4 heteroatoms. The van der Waals surface area contributed by atoms with E-state index in [1.165, 1.54) is 5.56 Å². The predicted molar refractivity (Wildman–Crippen MR) is 90.3 cm³/mol. The zero-order chi connectivity index (χ0) is 15.0. The summed E-state index contributed by atoms with van der Waals surface area (Å²) in [5.74, 6) is 1.00. The number of fused-ring (bicyclic) bond motifs is 1. The van der Waals surface area contributed by atoms with Crippen LogP contribution in [0.3, 0.4) is 0 Å². The van der Waals surface area contributed by atoms with Gasteiger partial charge in [0.15, 0.2) is 5.78 Å². The lowest BCUT2D eigenvalue weighted by atomic mass is 9.97. The van der Waals surface area contributed by atoms with Gasteiger partial charge in [-0.3, -0.25) is 4.79 Å². The minimum Gasteiger partial charge on any atom is -0.493 e. The van der Waals surface area contributed by atoms with Gasteiger partial charge in [0.05, 0.1) is 6.61 Å². The first-order valence-electron chi connectivity index (χ1n) is 6.78.